The Morgan fingerprint density at radius 1 is 1.40 bits per heavy atom. The van der Waals surface area contributed by atoms with Crippen LogP contribution in [-0.2, 0) is 5.54 Å². The molecular weight excluding hydrogens is 192 g/mol. The van der Waals surface area contributed by atoms with E-state index < -0.39 is 5.54 Å². The standard InChI is InChI=1S/C9H12N6/c1-2-12-7(11-1)9(5-10-6-15-9)8-13-3-4-14-8/h1-2,6H,3-5H2,(H,10,15)(H,11,12)(H,13,14). The molecule has 78 valence electrons. The molecule has 1 aromatic heterocycles. The quantitative estimate of drug-likeness (QED) is 0.592. The first-order valence-electron chi connectivity index (χ1n) is 4.96. The summed E-state index contributed by atoms with van der Waals surface area (Å²) < 4.78 is 0. The van der Waals surface area contributed by atoms with Crippen LogP contribution in [-0.4, -0.2) is 41.8 Å². The predicted molar refractivity (Wildman–Crippen MR) is 57.1 cm³/mol. The maximum Gasteiger partial charge on any atom is 0.174 e. The van der Waals surface area contributed by atoms with Gasteiger partial charge in [-0.25, -0.2) is 4.98 Å². The second-order valence-corrected chi connectivity index (χ2v) is 3.61. The van der Waals surface area contributed by atoms with E-state index in [-0.39, 0.29) is 0 Å². The van der Waals surface area contributed by atoms with Crippen molar-refractivity contribution in [3.63, 3.8) is 0 Å². The molecule has 0 aromatic carbocycles. The summed E-state index contributed by atoms with van der Waals surface area (Å²) in [4.78, 5) is 16.1. The van der Waals surface area contributed by atoms with E-state index in [2.05, 4.69) is 30.6 Å². The summed E-state index contributed by atoms with van der Waals surface area (Å²) in [5.74, 6) is 1.78. The molecule has 6 nitrogen and oxygen atoms in total. The molecule has 0 saturated heterocycles. The number of H-pyrrole nitrogens is 1. The third kappa shape index (κ3) is 1.14. The monoisotopic (exact) mass is 204 g/mol. The van der Waals surface area contributed by atoms with E-state index in [4.69, 9.17) is 0 Å². The zero-order chi connectivity index (χ0) is 10.1. The predicted octanol–water partition coefficient (Wildman–Crippen LogP) is -0.762. The number of nitrogens with one attached hydrogen (secondary N) is 3. The van der Waals surface area contributed by atoms with Crippen LogP contribution in [0.25, 0.3) is 0 Å². The molecule has 15 heavy (non-hydrogen) atoms. The molecule has 1 aromatic rings. The highest BCUT2D eigenvalue weighted by molar-refractivity contribution is 5.96. The lowest BCUT2D eigenvalue weighted by Gasteiger charge is -2.26. The van der Waals surface area contributed by atoms with Gasteiger partial charge in [0, 0.05) is 18.9 Å². The molecule has 3 N–H and O–H groups in total. The molecule has 0 aliphatic carbocycles. The van der Waals surface area contributed by atoms with Crippen LogP contribution in [0, 0.1) is 0 Å². The van der Waals surface area contributed by atoms with Crippen LogP contribution in [0.3, 0.4) is 0 Å². The summed E-state index contributed by atoms with van der Waals surface area (Å²) in [6.45, 7) is 2.34. The average molecular weight is 204 g/mol. The van der Waals surface area contributed by atoms with Gasteiger partial charge in [-0.15, -0.1) is 0 Å². The van der Waals surface area contributed by atoms with Crippen molar-refractivity contribution in [1.29, 1.82) is 0 Å². The minimum absolute atomic E-state index is 0.403. The van der Waals surface area contributed by atoms with Crippen molar-refractivity contribution in [2.24, 2.45) is 9.98 Å². The van der Waals surface area contributed by atoms with Crippen molar-refractivity contribution < 1.29 is 0 Å². The van der Waals surface area contributed by atoms with Crippen LogP contribution >= 0.6 is 0 Å². The summed E-state index contributed by atoms with van der Waals surface area (Å²) in [6.07, 6.45) is 5.27. The first kappa shape index (κ1) is 8.46. The number of rotatable bonds is 2. The van der Waals surface area contributed by atoms with Crippen LogP contribution in [0.4, 0.5) is 0 Å². The van der Waals surface area contributed by atoms with Gasteiger partial charge in [-0.05, 0) is 0 Å². The Hall–Kier alpha value is -1.85. The van der Waals surface area contributed by atoms with Crippen LogP contribution in [0.1, 0.15) is 5.82 Å². The largest absolute Gasteiger partial charge is 0.370 e. The summed E-state index contributed by atoms with van der Waals surface area (Å²) >= 11 is 0. The van der Waals surface area contributed by atoms with Gasteiger partial charge in [0.1, 0.15) is 11.7 Å². The number of nitrogens with zero attached hydrogens (tertiary/aromatic N) is 3. The van der Waals surface area contributed by atoms with Crippen LogP contribution in [0.15, 0.2) is 22.4 Å². The molecule has 0 saturated carbocycles. The van der Waals surface area contributed by atoms with Gasteiger partial charge in [0.25, 0.3) is 0 Å². The Balaban J connectivity index is 2.02. The Morgan fingerprint density at radius 2 is 2.40 bits per heavy atom. The Kier molecular flexibility index (Phi) is 1.74. The van der Waals surface area contributed by atoms with E-state index in [1.54, 1.807) is 12.5 Å². The number of imidazole rings is 1. The van der Waals surface area contributed by atoms with Gasteiger partial charge in [-0.3, -0.25) is 9.98 Å². The number of aromatic nitrogens is 2. The third-order valence-electron chi connectivity index (χ3n) is 2.71. The molecule has 1 atom stereocenters. The Labute approximate surface area is 86.9 Å². The lowest BCUT2D eigenvalue weighted by Crippen LogP contribution is -2.52. The molecule has 0 spiro atoms. The third-order valence-corrected chi connectivity index (χ3v) is 2.71. The topological polar surface area (TPSA) is 77.5 Å². The van der Waals surface area contributed by atoms with Gasteiger partial charge in [-0.1, -0.05) is 0 Å². The van der Waals surface area contributed by atoms with Crippen molar-refractivity contribution in [3.8, 4) is 0 Å². The average Bonchev–Trinajstić information content (AvgIpc) is 3.02. The SMILES string of the molecule is C1=NCC(C2=NCCN2)(c2ncc[nH]2)N1. The van der Waals surface area contributed by atoms with Crippen molar-refractivity contribution in [2.45, 2.75) is 5.54 Å². The minimum Gasteiger partial charge on any atom is -0.370 e. The number of aliphatic imine (C=N–C) groups is 2. The molecule has 3 rings (SSSR count). The molecule has 1 unspecified atom stereocenters. The molecule has 3 heterocycles. The summed E-state index contributed by atoms with van der Waals surface area (Å²) in [7, 11) is 0. The van der Waals surface area contributed by atoms with E-state index in [0.29, 0.717) is 6.54 Å². The Morgan fingerprint density at radius 3 is 3.00 bits per heavy atom. The lowest BCUT2D eigenvalue weighted by molar-refractivity contribution is 0.543. The normalized spacial score (nSPS) is 28.7. The number of hydrogen-bond donors (Lipinski definition) is 3. The molecule has 0 bridgehead atoms. The second kappa shape index (κ2) is 3.08. The smallest absolute Gasteiger partial charge is 0.174 e. The minimum atomic E-state index is -0.403. The maximum absolute atomic E-state index is 4.45. The zero-order valence-corrected chi connectivity index (χ0v) is 8.20. The fraction of sp³-hybridized carbons (Fsp3) is 0.444. The highest BCUT2D eigenvalue weighted by atomic mass is 15.2. The fourth-order valence-electron chi connectivity index (χ4n) is 1.97. The molecular formula is C9H12N6. The zero-order valence-electron chi connectivity index (χ0n) is 8.20. The molecule has 2 aliphatic rings. The van der Waals surface area contributed by atoms with E-state index >= 15 is 0 Å². The van der Waals surface area contributed by atoms with Gasteiger partial charge in [0.15, 0.2) is 5.54 Å². The summed E-state index contributed by atoms with van der Waals surface area (Å²) in [5, 5.41) is 6.51. The van der Waals surface area contributed by atoms with E-state index in [0.717, 1.165) is 24.7 Å². The molecule has 2 aliphatic heterocycles. The Bertz CT molecular complexity index is 396. The van der Waals surface area contributed by atoms with Gasteiger partial charge < -0.3 is 15.6 Å². The van der Waals surface area contributed by atoms with Crippen LogP contribution in [0.5, 0.6) is 0 Å². The van der Waals surface area contributed by atoms with Gasteiger partial charge in [-0.2, -0.15) is 0 Å². The molecule has 6 heteroatoms. The summed E-state index contributed by atoms with van der Waals surface area (Å²) in [5.41, 5.74) is -0.403. The van der Waals surface area contributed by atoms with Crippen LogP contribution in [0.2, 0.25) is 0 Å². The number of hydrogen-bond acceptors (Lipinski definition) is 5. The summed E-state index contributed by atoms with van der Waals surface area (Å²) in [6, 6.07) is 0. The van der Waals surface area contributed by atoms with E-state index in [1.807, 2.05) is 6.20 Å². The second-order valence-electron chi connectivity index (χ2n) is 3.61. The van der Waals surface area contributed by atoms with Gasteiger partial charge in [0.2, 0.25) is 0 Å². The van der Waals surface area contributed by atoms with Crippen molar-refractivity contribution >= 4 is 12.2 Å². The van der Waals surface area contributed by atoms with Crippen molar-refractivity contribution in [3.05, 3.63) is 18.2 Å². The van der Waals surface area contributed by atoms with Gasteiger partial charge in [0.05, 0.1) is 19.4 Å². The van der Waals surface area contributed by atoms with E-state index in [1.165, 1.54) is 0 Å². The van der Waals surface area contributed by atoms with E-state index in [9.17, 15) is 0 Å². The first-order valence-corrected chi connectivity index (χ1v) is 4.96. The lowest BCUT2D eigenvalue weighted by atomic mass is 9.98. The number of aromatic amines is 1. The maximum atomic E-state index is 4.45. The molecule has 0 fully saturated rings. The highest BCUT2D eigenvalue weighted by Gasteiger charge is 2.43. The van der Waals surface area contributed by atoms with Crippen molar-refractivity contribution in [1.82, 2.24) is 20.6 Å². The fourth-order valence-corrected chi connectivity index (χ4v) is 1.97. The van der Waals surface area contributed by atoms with Crippen LogP contribution < -0.4 is 10.6 Å². The van der Waals surface area contributed by atoms with Gasteiger partial charge >= 0.3 is 0 Å². The molecule has 0 radical (unpaired) electrons. The van der Waals surface area contributed by atoms with Crippen molar-refractivity contribution in [2.75, 3.05) is 19.6 Å². The highest BCUT2D eigenvalue weighted by Crippen LogP contribution is 2.22. The first-order chi connectivity index (χ1) is 7.42. The number of amidine groups is 1. The molecule has 0 amide bonds.